The highest BCUT2D eigenvalue weighted by Gasteiger charge is 2.64. The molecule has 12 nitrogen and oxygen atoms in total. The summed E-state index contributed by atoms with van der Waals surface area (Å²) in [5, 5.41) is 16.8. The summed E-state index contributed by atoms with van der Waals surface area (Å²) in [6.07, 6.45) is -2.22. The number of carbonyl (C=O) groups is 4. The third-order valence-electron chi connectivity index (χ3n) is 5.31. The van der Waals surface area contributed by atoms with E-state index in [-0.39, 0.29) is 22.0 Å². The van der Waals surface area contributed by atoms with Gasteiger partial charge in [-0.1, -0.05) is 18.2 Å². The number of amides is 3. The van der Waals surface area contributed by atoms with Crippen molar-refractivity contribution in [2.45, 2.75) is 62.4 Å². The lowest BCUT2D eigenvalue weighted by Gasteiger charge is -2.43. The Bertz CT molecular complexity index is 1140. The Morgan fingerprint density at radius 2 is 1.91 bits per heavy atom. The molecule has 0 radical (unpaired) electrons. The van der Waals surface area contributed by atoms with E-state index in [9.17, 15) is 32.7 Å². The van der Waals surface area contributed by atoms with Crippen LogP contribution in [0.1, 0.15) is 33.3 Å². The van der Waals surface area contributed by atoms with E-state index in [4.69, 9.17) is 9.88 Å². The van der Waals surface area contributed by atoms with Gasteiger partial charge in [-0.25, -0.2) is 14.7 Å². The first kappa shape index (κ1) is 25.8. The molecule has 0 aromatic heterocycles. The van der Waals surface area contributed by atoms with E-state index in [2.05, 4.69) is 5.32 Å². The molecule has 0 aliphatic carbocycles. The van der Waals surface area contributed by atoms with Gasteiger partial charge in [0.2, 0.25) is 11.8 Å². The zero-order chi connectivity index (χ0) is 25.6. The largest absolute Gasteiger partial charge is 0.480 e. The summed E-state index contributed by atoms with van der Waals surface area (Å²) in [5.74, 6) is -2.25. The van der Waals surface area contributed by atoms with E-state index >= 15 is 0 Å². The first-order valence-electron chi connectivity index (χ1n) is 10.3. The van der Waals surface area contributed by atoms with Gasteiger partial charge in [0.05, 0.1) is 18.2 Å². The number of carbonyl (C=O) groups excluding carboxylic acids is 3. The average Bonchev–Trinajstić information content (AvgIpc) is 2.94. The number of thioether (sulfide) groups is 1. The maximum Gasteiger partial charge on any atom is 0.429 e. The minimum atomic E-state index is -4.58. The van der Waals surface area contributed by atoms with Gasteiger partial charge >= 0.3 is 22.3 Å². The number of aliphatic carboxylic acids is 1. The number of benzene rings is 1. The fourth-order valence-corrected chi connectivity index (χ4v) is 6.32. The van der Waals surface area contributed by atoms with Crippen LogP contribution in [-0.2, 0) is 35.8 Å². The van der Waals surface area contributed by atoms with Crippen LogP contribution >= 0.6 is 11.8 Å². The number of nitrogens with zero attached hydrogens (tertiary/aromatic N) is 2. The topological polar surface area (TPSA) is 176 Å². The molecule has 1 aromatic rings. The second kappa shape index (κ2) is 9.07. The lowest BCUT2D eigenvalue weighted by molar-refractivity contribution is -0.161. The van der Waals surface area contributed by atoms with Crippen molar-refractivity contribution in [3.8, 4) is 0 Å². The molecule has 3 atom stereocenters. The minimum Gasteiger partial charge on any atom is -0.480 e. The van der Waals surface area contributed by atoms with E-state index in [1.165, 1.54) is 48.7 Å². The summed E-state index contributed by atoms with van der Waals surface area (Å²) >= 11 is 1.28. The van der Waals surface area contributed by atoms with E-state index in [0.717, 1.165) is 0 Å². The summed E-state index contributed by atoms with van der Waals surface area (Å²) in [6, 6.07) is 3.82. The van der Waals surface area contributed by atoms with Crippen LogP contribution in [0.4, 0.5) is 10.5 Å². The van der Waals surface area contributed by atoms with Crippen molar-refractivity contribution in [2.24, 2.45) is 5.14 Å². The summed E-state index contributed by atoms with van der Waals surface area (Å²) in [6.45, 7) is 6.51. The molecule has 2 heterocycles. The first-order chi connectivity index (χ1) is 15.6. The van der Waals surface area contributed by atoms with Gasteiger partial charge in [0, 0.05) is 4.75 Å². The van der Waals surface area contributed by atoms with Crippen LogP contribution in [0.3, 0.4) is 0 Å². The number of para-hydroxylation sites is 1. The van der Waals surface area contributed by atoms with Crippen molar-refractivity contribution in [3.63, 3.8) is 0 Å². The number of carboxylic acids is 1. The van der Waals surface area contributed by atoms with Gasteiger partial charge in [-0.3, -0.25) is 9.59 Å². The standard InChI is InChI=1S/C20H26N4O8S2/c1-10(2)32-19(29)24(34(21,30)31)12-8-6-5-7-11(12)9-13(25)22-14-16(26)23-15(18(27)28)20(3,4)33-17(14)23/h5-8,10,14-15,17H,9H2,1-4H3,(H,22,25)(H,27,28)(H2,21,30,31)/t14?,15-,17+/m0/s1. The predicted molar refractivity (Wildman–Crippen MR) is 123 cm³/mol. The number of fused-ring (bicyclic) bond motifs is 1. The minimum absolute atomic E-state index is 0.154. The Morgan fingerprint density at radius 1 is 1.29 bits per heavy atom. The van der Waals surface area contributed by atoms with E-state index in [0.29, 0.717) is 0 Å². The highest BCUT2D eigenvalue weighted by Crippen LogP contribution is 2.50. The highest BCUT2D eigenvalue weighted by atomic mass is 32.2. The molecular formula is C20H26N4O8S2. The van der Waals surface area contributed by atoms with Crippen LogP contribution in [0.15, 0.2) is 24.3 Å². The molecule has 4 N–H and O–H groups in total. The molecule has 0 bridgehead atoms. The zero-order valence-electron chi connectivity index (χ0n) is 18.9. The number of nitrogens with two attached hydrogens (primary N) is 1. The first-order valence-corrected chi connectivity index (χ1v) is 12.7. The Morgan fingerprint density at radius 3 is 2.47 bits per heavy atom. The van der Waals surface area contributed by atoms with Gasteiger partial charge in [0.1, 0.15) is 17.5 Å². The molecule has 0 saturated carbocycles. The number of hydrogen-bond acceptors (Lipinski definition) is 8. The van der Waals surface area contributed by atoms with Crippen molar-refractivity contribution in [1.29, 1.82) is 0 Å². The molecule has 1 unspecified atom stereocenters. The fourth-order valence-electron chi connectivity index (χ4n) is 3.99. The number of carboxylic acid groups (broad SMARTS) is 1. The van der Waals surface area contributed by atoms with Gasteiger partial charge in [-0.2, -0.15) is 12.7 Å². The molecule has 2 aliphatic heterocycles. The van der Waals surface area contributed by atoms with Crippen LogP contribution in [0, 0.1) is 0 Å². The molecule has 186 valence electrons. The van der Waals surface area contributed by atoms with Crippen molar-refractivity contribution in [3.05, 3.63) is 29.8 Å². The SMILES string of the molecule is CC(C)OC(=O)N(c1ccccc1CC(=O)NC1C(=O)N2[C@@H]1SC(C)(C)[C@@H]2C(=O)O)S(N)(=O)=O. The number of anilines is 1. The van der Waals surface area contributed by atoms with Crippen molar-refractivity contribution < 1.29 is 37.4 Å². The molecule has 14 heteroatoms. The van der Waals surface area contributed by atoms with Gasteiger partial charge in [0.25, 0.3) is 0 Å². The smallest absolute Gasteiger partial charge is 0.429 e. The molecule has 3 rings (SSSR count). The second-order valence-electron chi connectivity index (χ2n) is 8.69. The monoisotopic (exact) mass is 514 g/mol. The van der Waals surface area contributed by atoms with Crippen molar-refractivity contribution in [2.75, 3.05) is 4.31 Å². The third kappa shape index (κ3) is 4.83. The van der Waals surface area contributed by atoms with Crippen molar-refractivity contribution in [1.82, 2.24) is 10.2 Å². The van der Waals surface area contributed by atoms with Crippen LogP contribution in [0.2, 0.25) is 0 Å². The maximum atomic E-state index is 12.8. The normalized spacial score (nSPS) is 23.2. The number of nitrogens with one attached hydrogen (secondary N) is 1. The maximum absolute atomic E-state index is 12.8. The summed E-state index contributed by atoms with van der Waals surface area (Å²) in [5.41, 5.74) is -0.00384. The van der Waals surface area contributed by atoms with E-state index in [1.54, 1.807) is 19.9 Å². The number of hydrogen-bond donors (Lipinski definition) is 3. The molecule has 0 spiro atoms. The zero-order valence-corrected chi connectivity index (χ0v) is 20.6. The van der Waals surface area contributed by atoms with E-state index < -0.39 is 62.4 Å². The third-order valence-corrected chi connectivity index (χ3v) is 7.74. The molecule has 34 heavy (non-hydrogen) atoms. The van der Waals surface area contributed by atoms with Gasteiger partial charge in [-0.15, -0.1) is 11.8 Å². The quantitative estimate of drug-likeness (QED) is 0.435. The van der Waals surface area contributed by atoms with E-state index in [1.807, 2.05) is 0 Å². The van der Waals surface area contributed by atoms with Crippen LogP contribution in [0.25, 0.3) is 0 Å². The van der Waals surface area contributed by atoms with Gasteiger partial charge in [0.15, 0.2) is 0 Å². The molecule has 1 aromatic carbocycles. The Hall–Kier alpha value is -2.84. The molecule has 2 aliphatic rings. The molecule has 2 saturated heterocycles. The van der Waals surface area contributed by atoms with Crippen LogP contribution < -0.4 is 14.8 Å². The van der Waals surface area contributed by atoms with Gasteiger partial charge < -0.3 is 20.1 Å². The average molecular weight is 515 g/mol. The summed E-state index contributed by atoms with van der Waals surface area (Å²) < 4.78 is 28.8. The van der Waals surface area contributed by atoms with Crippen LogP contribution in [0.5, 0.6) is 0 Å². The number of rotatable bonds is 7. The highest BCUT2D eigenvalue weighted by molar-refractivity contribution is 8.01. The lowest BCUT2D eigenvalue weighted by Crippen LogP contribution is -2.70. The van der Waals surface area contributed by atoms with Crippen LogP contribution in [-0.4, -0.2) is 70.6 Å². The van der Waals surface area contributed by atoms with Gasteiger partial charge in [-0.05, 0) is 39.3 Å². The second-order valence-corrected chi connectivity index (χ2v) is 11.9. The summed E-state index contributed by atoms with van der Waals surface area (Å²) in [7, 11) is -4.58. The lowest BCUT2D eigenvalue weighted by atomic mass is 9.96. The predicted octanol–water partition coefficient (Wildman–Crippen LogP) is 0.416. The molecule has 3 amide bonds. The molecule has 2 fully saturated rings. The Balaban J connectivity index is 1.79. The molecular weight excluding hydrogens is 488 g/mol. The number of β-lactam (4-membered cyclic amide) rings is 1. The summed E-state index contributed by atoms with van der Waals surface area (Å²) in [4.78, 5) is 50.7. The Kier molecular flexibility index (Phi) is 6.88. The fraction of sp³-hybridized carbons (Fsp3) is 0.500. The Labute approximate surface area is 201 Å². The van der Waals surface area contributed by atoms with Crippen molar-refractivity contribution >= 4 is 51.5 Å². The number of ether oxygens (including phenoxy) is 1.